The van der Waals surface area contributed by atoms with Crippen molar-refractivity contribution in [1.82, 2.24) is 9.80 Å². The molecule has 0 bridgehead atoms. The van der Waals surface area contributed by atoms with E-state index in [9.17, 15) is 0 Å². The van der Waals surface area contributed by atoms with Crippen molar-refractivity contribution >= 4 is 0 Å². The van der Waals surface area contributed by atoms with Gasteiger partial charge in [-0.15, -0.1) is 0 Å². The van der Waals surface area contributed by atoms with Gasteiger partial charge in [0, 0.05) is 25.5 Å². The molecule has 1 rings (SSSR count). The predicted octanol–water partition coefficient (Wildman–Crippen LogP) is 3.95. The lowest BCUT2D eigenvalue weighted by Crippen LogP contribution is -2.27. The number of unbranched alkanes of at least 4 members (excludes halogenated alkanes) is 9. The van der Waals surface area contributed by atoms with Gasteiger partial charge in [0.05, 0.1) is 13.3 Å². The zero-order chi connectivity index (χ0) is 14.5. The molecule has 0 aromatic rings. The van der Waals surface area contributed by atoms with Gasteiger partial charge in [-0.3, -0.25) is 0 Å². The smallest absolute Gasteiger partial charge is 0.0894 e. The Morgan fingerprint density at radius 2 is 1.25 bits per heavy atom. The summed E-state index contributed by atoms with van der Waals surface area (Å²) in [6.07, 6.45) is 18.2. The van der Waals surface area contributed by atoms with Crippen molar-refractivity contribution < 1.29 is 5.11 Å². The van der Waals surface area contributed by atoms with Gasteiger partial charge in [0.2, 0.25) is 0 Å². The van der Waals surface area contributed by atoms with Crippen LogP contribution in [0.4, 0.5) is 0 Å². The van der Waals surface area contributed by atoms with E-state index in [2.05, 4.69) is 29.1 Å². The molecule has 0 aromatic heterocycles. The van der Waals surface area contributed by atoms with Gasteiger partial charge in [0.1, 0.15) is 0 Å². The van der Waals surface area contributed by atoms with E-state index in [0.29, 0.717) is 0 Å². The third kappa shape index (κ3) is 8.47. The molecule has 0 fully saturated rings. The summed E-state index contributed by atoms with van der Waals surface area (Å²) in [5, 5.41) is 8.88. The summed E-state index contributed by atoms with van der Waals surface area (Å²) in [7, 11) is 0. The second-order valence-electron chi connectivity index (χ2n) is 5.97. The molecule has 20 heavy (non-hydrogen) atoms. The minimum absolute atomic E-state index is 0.246. The van der Waals surface area contributed by atoms with E-state index >= 15 is 0 Å². The Hall–Kier alpha value is -0.700. The van der Waals surface area contributed by atoms with E-state index in [0.717, 1.165) is 19.8 Å². The molecule has 0 atom stereocenters. The lowest BCUT2D eigenvalue weighted by molar-refractivity contribution is 0.204. The van der Waals surface area contributed by atoms with E-state index in [4.69, 9.17) is 5.11 Å². The van der Waals surface area contributed by atoms with Gasteiger partial charge in [0.25, 0.3) is 0 Å². The summed E-state index contributed by atoms with van der Waals surface area (Å²) >= 11 is 0. The molecule has 0 radical (unpaired) electrons. The van der Waals surface area contributed by atoms with Crippen molar-refractivity contribution in [3.63, 3.8) is 0 Å². The number of aliphatic hydroxyl groups is 1. The molecule has 3 nitrogen and oxygen atoms in total. The molecule has 0 spiro atoms. The van der Waals surface area contributed by atoms with Crippen LogP contribution in [0, 0.1) is 0 Å². The number of β-amino-alcohol motifs (C(OH)–C–C–N with tert-alkyl or cyclic N) is 1. The highest BCUT2D eigenvalue weighted by molar-refractivity contribution is 4.90. The van der Waals surface area contributed by atoms with E-state index in [-0.39, 0.29) is 6.61 Å². The Labute approximate surface area is 125 Å². The van der Waals surface area contributed by atoms with Crippen LogP contribution in [0.3, 0.4) is 0 Å². The lowest BCUT2D eigenvalue weighted by Gasteiger charge is -2.20. The lowest BCUT2D eigenvalue weighted by atomic mass is 10.1. The second kappa shape index (κ2) is 12.1. The van der Waals surface area contributed by atoms with Crippen molar-refractivity contribution in [2.75, 3.05) is 26.4 Å². The van der Waals surface area contributed by atoms with Crippen LogP contribution in [0.5, 0.6) is 0 Å². The molecule has 0 saturated heterocycles. The quantitative estimate of drug-likeness (QED) is 0.518. The molecule has 1 N–H and O–H groups in total. The monoisotopic (exact) mass is 282 g/mol. The molecule has 0 amide bonds. The standard InChI is InChI=1S/C17H34N2O/c1-2-3-4-5-6-7-8-9-10-11-12-18-13-14-19(17-18)15-16-20/h13-14,20H,2-12,15-17H2,1H3. The molecule has 0 aliphatic carbocycles. The highest BCUT2D eigenvalue weighted by Crippen LogP contribution is 2.12. The molecule has 1 heterocycles. The highest BCUT2D eigenvalue weighted by Gasteiger charge is 2.10. The molecule has 1 aliphatic heterocycles. The SMILES string of the molecule is CCCCCCCCCCCCN1C=CN(CCO)C1. The maximum absolute atomic E-state index is 8.88. The first-order valence-electron chi connectivity index (χ1n) is 8.64. The maximum Gasteiger partial charge on any atom is 0.0894 e. The van der Waals surface area contributed by atoms with Crippen LogP contribution in [0.2, 0.25) is 0 Å². The van der Waals surface area contributed by atoms with Gasteiger partial charge in [-0.25, -0.2) is 0 Å². The van der Waals surface area contributed by atoms with Crippen LogP contribution in [0.25, 0.3) is 0 Å². The predicted molar refractivity (Wildman–Crippen MR) is 86.3 cm³/mol. The summed E-state index contributed by atoms with van der Waals surface area (Å²) in [6.45, 7) is 5.40. The summed E-state index contributed by atoms with van der Waals surface area (Å²) < 4.78 is 0. The zero-order valence-electron chi connectivity index (χ0n) is 13.4. The van der Waals surface area contributed by atoms with Crippen LogP contribution in [-0.4, -0.2) is 41.3 Å². The number of hydrogen-bond acceptors (Lipinski definition) is 3. The van der Waals surface area contributed by atoms with Gasteiger partial charge in [-0.05, 0) is 6.42 Å². The molecule has 118 valence electrons. The first-order valence-corrected chi connectivity index (χ1v) is 8.64. The van der Waals surface area contributed by atoms with E-state index in [1.54, 1.807) is 0 Å². The molecule has 0 unspecified atom stereocenters. The second-order valence-corrected chi connectivity index (χ2v) is 5.97. The summed E-state index contributed by atoms with van der Waals surface area (Å²) in [6, 6.07) is 0. The normalized spacial score (nSPS) is 14.5. The summed E-state index contributed by atoms with van der Waals surface area (Å²) in [5.74, 6) is 0. The minimum atomic E-state index is 0.246. The van der Waals surface area contributed by atoms with Crippen molar-refractivity contribution in [3.05, 3.63) is 12.4 Å². The van der Waals surface area contributed by atoms with Gasteiger partial charge < -0.3 is 14.9 Å². The third-order valence-corrected chi connectivity index (χ3v) is 4.04. The van der Waals surface area contributed by atoms with Crippen LogP contribution >= 0.6 is 0 Å². The van der Waals surface area contributed by atoms with Gasteiger partial charge in [0.15, 0.2) is 0 Å². The largest absolute Gasteiger partial charge is 0.395 e. The molecule has 1 aliphatic rings. The van der Waals surface area contributed by atoms with E-state index in [1.807, 2.05) is 0 Å². The highest BCUT2D eigenvalue weighted by atomic mass is 16.3. The average molecular weight is 282 g/mol. The third-order valence-electron chi connectivity index (χ3n) is 4.04. The van der Waals surface area contributed by atoms with Crippen molar-refractivity contribution in [2.45, 2.75) is 71.1 Å². The number of nitrogens with zero attached hydrogens (tertiary/aromatic N) is 2. The fraction of sp³-hybridized carbons (Fsp3) is 0.882. The van der Waals surface area contributed by atoms with Crippen molar-refractivity contribution in [3.8, 4) is 0 Å². The Morgan fingerprint density at radius 3 is 1.80 bits per heavy atom. The molecule has 0 aromatic carbocycles. The summed E-state index contributed by atoms with van der Waals surface area (Å²) in [4.78, 5) is 4.51. The Bertz CT molecular complexity index is 243. The van der Waals surface area contributed by atoms with E-state index < -0.39 is 0 Å². The van der Waals surface area contributed by atoms with Crippen LogP contribution < -0.4 is 0 Å². The van der Waals surface area contributed by atoms with Crippen LogP contribution in [-0.2, 0) is 0 Å². The number of rotatable bonds is 13. The molecular formula is C17H34N2O. The Balaban J connectivity index is 1.80. The molecular weight excluding hydrogens is 248 g/mol. The fourth-order valence-corrected chi connectivity index (χ4v) is 2.74. The minimum Gasteiger partial charge on any atom is -0.395 e. The molecule has 3 heteroatoms. The van der Waals surface area contributed by atoms with Gasteiger partial charge in [-0.1, -0.05) is 64.7 Å². The van der Waals surface area contributed by atoms with Gasteiger partial charge in [-0.2, -0.15) is 0 Å². The van der Waals surface area contributed by atoms with Crippen molar-refractivity contribution in [1.29, 1.82) is 0 Å². The topological polar surface area (TPSA) is 26.7 Å². The van der Waals surface area contributed by atoms with Crippen LogP contribution in [0.1, 0.15) is 71.1 Å². The zero-order valence-corrected chi connectivity index (χ0v) is 13.4. The first-order chi connectivity index (χ1) is 9.86. The summed E-state index contributed by atoms with van der Waals surface area (Å²) in [5.41, 5.74) is 0. The molecule has 0 saturated carbocycles. The Morgan fingerprint density at radius 1 is 0.750 bits per heavy atom. The van der Waals surface area contributed by atoms with E-state index in [1.165, 1.54) is 64.2 Å². The first kappa shape index (κ1) is 17.4. The number of aliphatic hydroxyl groups excluding tert-OH is 1. The van der Waals surface area contributed by atoms with Crippen LogP contribution in [0.15, 0.2) is 12.4 Å². The average Bonchev–Trinajstić information content (AvgIpc) is 2.89. The fourth-order valence-electron chi connectivity index (χ4n) is 2.74. The van der Waals surface area contributed by atoms with Gasteiger partial charge >= 0.3 is 0 Å². The van der Waals surface area contributed by atoms with Crippen molar-refractivity contribution in [2.24, 2.45) is 0 Å². The maximum atomic E-state index is 8.88. The Kier molecular flexibility index (Phi) is 10.5. The number of hydrogen-bond donors (Lipinski definition) is 1.